The van der Waals surface area contributed by atoms with E-state index >= 15 is 0 Å². The van der Waals surface area contributed by atoms with Gasteiger partial charge in [-0.1, -0.05) is 0 Å². The number of carbonyl (C=O) groups is 2. The molecule has 2 rings (SSSR count). The van der Waals surface area contributed by atoms with Gasteiger partial charge in [0.2, 0.25) is 0 Å². The van der Waals surface area contributed by atoms with Crippen molar-refractivity contribution in [3.8, 4) is 0 Å². The molecule has 2 heterocycles. The number of pyridine rings is 2. The Morgan fingerprint density at radius 1 is 0.842 bits per heavy atom. The molecule has 0 aliphatic heterocycles. The lowest BCUT2D eigenvalue weighted by Crippen LogP contribution is -2.01. The lowest BCUT2D eigenvalue weighted by Gasteiger charge is -2.04. The molecule has 0 aromatic carbocycles. The maximum absolute atomic E-state index is 10.6. The number of anilines is 2. The molecule has 0 unspecified atom stereocenters. The van der Waals surface area contributed by atoms with Gasteiger partial charge in [0.15, 0.2) is 0 Å². The quantitative estimate of drug-likeness (QED) is 0.764. The van der Waals surface area contributed by atoms with Crippen molar-refractivity contribution in [3.05, 3.63) is 47.8 Å². The maximum atomic E-state index is 10.6. The molecule has 0 fully saturated rings. The van der Waals surface area contributed by atoms with Crippen molar-refractivity contribution in [2.24, 2.45) is 0 Å². The Bertz CT molecular complexity index is 552. The molecule has 0 atom stereocenters. The van der Waals surface area contributed by atoms with Gasteiger partial charge in [-0.05, 0) is 24.3 Å². The smallest absolute Gasteiger partial charge is 0.337 e. The molecule has 0 aliphatic carbocycles. The van der Waals surface area contributed by atoms with E-state index in [0.29, 0.717) is 11.6 Å². The van der Waals surface area contributed by atoms with Crippen molar-refractivity contribution in [1.29, 1.82) is 0 Å². The van der Waals surface area contributed by atoms with Crippen molar-refractivity contribution in [3.63, 3.8) is 0 Å². The van der Waals surface area contributed by atoms with Crippen LogP contribution in [0.5, 0.6) is 0 Å². The molecule has 0 aliphatic rings. The van der Waals surface area contributed by atoms with Crippen LogP contribution in [-0.4, -0.2) is 32.1 Å². The highest BCUT2D eigenvalue weighted by Crippen LogP contribution is 2.12. The Kier molecular flexibility index (Phi) is 3.37. The Morgan fingerprint density at radius 3 is 1.53 bits per heavy atom. The molecule has 0 spiro atoms. The van der Waals surface area contributed by atoms with Crippen LogP contribution in [0.25, 0.3) is 0 Å². The molecular weight excluding hydrogens is 250 g/mol. The van der Waals surface area contributed by atoms with Gasteiger partial charge in [-0.3, -0.25) is 0 Å². The summed E-state index contributed by atoms with van der Waals surface area (Å²) in [7, 11) is 0. The zero-order valence-corrected chi connectivity index (χ0v) is 9.57. The Morgan fingerprint density at radius 2 is 1.26 bits per heavy atom. The molecule has 0 saturated heterocycles. The van der Waals surface area contributed by atoms with Crippen molar-refractivity contribution < 1.29 is 19.8 Å². The second-order valence-electron chi connectivity index (χ2n) is 3.60. The van der Waals surface area contributed by atoms with Gasteiger partial charge in [0.25, 0.3) is 0 Å². The Balaban J connectivity index is 2.12. The van der Waals surface area contributed by atoms with Gasteiger partial charge in [-0.25, -0.2) is 19.6 Å². The first-order valence-electron chi connectivity index (χ1n) is 5.22. The fraction of sp³-hybridized carbons (Fsp3) is 0. The normalized spacial score (nSPS) is 9.89. The summed E-state index contributed by atoms with van der Waals surface area (Å²) < 4.78 is 0. The van der Waals surface area contributed by atoms with E-state index in [-0.39, 0.29) is 11.1 Å². The standard InChI is InChI=1S/C12H9N3O4/c16-11(17)7-1-3-9(13-5-7)15-10-4-2-8(6-14-10)12(18)19/h1-6H,(H,16,17)(H,18,19)(H,13,14,15). The van der Waals surface area contributed by atoms with Gasteiger partial charge in [0, 0.05) is 12.4 Å². The lowest BCUT2D eigenvalue weighted by molar-refractivity contribution is 0.0685. The number of rotatable bonds is 4. The number of hydrogen-bond acceptors (Lipinski definition) is 5. The van der Waals surface area contributed by atoms with Crippen molar-refractivity contribution in [2.75, 3.05) is 5.32 Å². The summed E-state index contributed by atoms with van der Waals surface area (Å²) in [5.41, 5.74) is 0.166. The minimum atomic E-state index is -1.05. The summed E-state index contributed by atoms with van der Waals surface area (Å²) in [6.07, 6.45) is 2.44. The average molecular weight is 259 g/mol. The molecule has 19 heavy (non-hydrogen) atoms. The predicted octanol–water partition coefficient (Wildman–Crippen LogP) is 1.62. The van der Waals surface area contributed by atoms with E-state index in [0.717, 1.165) is 0 Å². The molecular formula is C12H9N3O4. The van der Waals surface area contributed by atoms with Crippen LogP contribution in [0.2, 0.25) is 0 Å². The van der Waals surface area contributed by atoms with Gasteiger partial charge in [-0.15, -0.1) is 0 Å². The van der Waals surface area contributed by atoms with Gasteiger partial charge >= 0.3 is 11.9 Å². The van der Waals surface area contributed by atoms with Crippen molar-refractivity contribution >= 4 is 23.6 Å². The molecule has 2 aromatic rings. The SMILES string of the molecule is O=C(O)c1ccc(Nc2ccc(C(=O)O)cn2)nc1. The monoisotopic (exact) mass is 259 g/mol. The molecule has 0 bridgehead atoms. The topological polar surface area (TPSA) is 112 Å². The van der Waals surface area contributed by atoms with Crippen LogP contribution >= 0.6 is 0 Å². The highest BCUT2D eigenvalue weighted by molar-refractivity contribution is 5.88. The molecule has 0 saturated carbocycles. The third-order valence-corrected chi connectivity index (χ3v) is 2.28. The zero-order chi connectivity index (χ0) is 13.8. The van der Waals surface area contributed by atoms with Crippen LogP contribution in [0.4, 0.5) is 11.6 Å². The zero-order valence-electron chi connectivity index (χ0n) is 9.57. The molecule has 0 amide bonds. The fourth-order valence-electron chi connectivity index (χ4n) is 1.32. The summed E-state index contributed by atoms with van der Waals surface area (Å²) in [6, 6.07) is 5.80. The molecule has 96 valence electrons. The number of carboxylic acid groups (broad SMARTS) is 2. The van der Waals surface area contributed by atoms with Gasteiger partial charge in [0.05, 0.1) is 11.1 Å². The first kappa shape index (κ1) is 12.5. The number of hydrogen-bond donors (Lipinski definition) is 3. The van der Waals surface area contributed by atoms with E-state index in [4.69, 9.17) is 10.2 Å². The summed E-state index contributed by atoms with van der Waals surface area (Å²) in [5.74, 6) is -1.27. The van der Waals surface area contributed by atoms with E-state index in [1.165, 1.54) is 36.7 Å². The second-order valence-corrected chi connectivity index (χ2v) is 3.60. The number of nitrogens with one attached hydrogen (secondary N) is 1. The third-order valence-electron chi connectivity index (χ3n) is 2.28. The maximum Gasteiger partial charge on any atom is 0.337 e. The first-order chi connectivity index (χ1) is 9.06. The summed E-state index contributed by atoms with van der Waals surface area (Å²) >= 11 is 0. The second kappa shape index (κ2) is 5.13. The van der Waals surface area contributed by atoms with Crippen LogP contribution in [0.1, 0.15) is 20.7 Å². The van der Waals surface area contributed by atoms with E-state index in [2.05, 4.69) is 15.3 Å². The molecule has 3 N–H and O–H groups in total. The summed E-state index contributed by atoms with van der Waals surface area (Å²) in [4.78, 5) is 29.1. The minimum absolute atomic E-state index is 0.0831. The molecule has 7 heteroatoms. The Hall–Kier alpha value is -2.96. The number of aromatic nitrogens is 2. The van der Waals surface area contributed by atoms with Crippen LogP contribution < -0.4 is 5.32 Å². The molecule has 0 radical (unpaired) electrons. The van der Waals surface area contributed by atoms with Gasteiger partial charge in [-0.2, -0.15) is 0 Å². The highest BCUT2D eigenvalue weighted by Gasteiger charge is 2.05. The van der Waals surface area contributed by atoms with Crippen LogP contribution in [0, 0.1) is 0 Å². The van der Waals surface area contributed by atoms with Crippen LogP contribution in [0.15, 0.2) is 36.7 Å². The van der Waals surface area contributed by atoms with Crippen molar-refractivity contribution in [2.45, 2.75) is 0 Å². The third kappa shape index (κ3) is 3.03. The summed E-state index contributed by atoms with van der Waals surface area (Å²) in [6.45, 7) is 0. The number of aromatic carboxylic acids is 2. The van der Waals surface area contributed by atoms with E-state index in [1.54, 1.807) is 0 Å². The summed E-state index contributed by atoms with van der Waals surface area (Å²) in [5, 5.41) is 20.3. The largest absolute Gasteiger partial charge is 0.478 e. The number of carboxylic acids is 2. The van der Waals surface area contributed by atoms with E-state index in [9.17, 15) is 9.59 Å². The first-order valence-corrected chi connectivity index (χ1v) is 5.22. The number of nitrogens with zero attached hydrogens (tertiary/aromatic N) is 2. The van der Waals surface area contributed by atoms with Crippen molar-refractivity contribution in [1.82, 2.24) is 9.97 Å². The minimum Gasteiger partial charge on any atom is -0.478 e. The van der Waals surface area contributed by atoms with Gasteiger partial charge in [0.1, 0.15) is 11.6 Å². The average Bonchev–Trinajstić information content (AvgIpc) is 2.40. The highest BCUT2D eigenvalue weighted by atomic mass is 16.4. The van der Waals surface area contributed by atoms with E-state index in [1.807, 2.05) is 0 Å². The van der Waals surface area contributed by atoms with Crippen LogP contribution in [0.3, 0.4) is 0 Å². The van der Waals surface area contributed by atoms with Gasteiger partial charge < -0.3 is 15.5 Å². The fourth-order valence-corrected chi connectivity index (χ4v) is 1.32. The molecule has 7 nitrogen and oxygen atoms in total. The Labute approximate surface area is 107 Å². The van der Waals surface area contributed by atoms with E-state index < -0.39 is 11.9 Å². The predicted molar refractivity (Wildman–Crippen MR) is 65.7 cm³/mol. The van der Waals surface area contributed by atoms with Crippen LogP contribution in [-0.2, 0) is 0 Å². The molecule has 2 aromatic heterocycles. The lowest BCUT2D eigenvalue weighted by atomic mass is 10.3.